The topological polar surface area (TPSA) is 58.6 Å². The van der Waals surface area contributed by atoms with Crippen molar-refractivity contribution in [3.05, 3.63) is 0 Å². The summed E-state index contributed by atoms with van der Waals surface area (Å²) in [6, 6.07) is 0.175. The number of rotatable bonds is 4. The average molecular weight is 266 g/mol. The number of amides is 1. The zero-order valence-corrected chi connectivity index (χ0v) is 11.4. The van der Waals surface area contributed by atoms with Crippen LogP contribution in [0.25, 0.3) is 0 Å². The molecule has 1 saturated heterocycles. The second-order valence-electron chi connectivity index (χ2n) is 6.09. The summed E-state index contributed by atoms with van der Waals surface area (Å²) in [6.07, 6.45) is 5.66. The van der Waals surface area contributed by atoms with Crippen molar-refractivity contribution in [1.29, 1.82) is 0 Å². The Balaban J connectivity index is 1.64. The van der Waals surface area contributed by atoms with Crippen molar-refractivity contribution in [2.75, 3.05) is 20.2 Å². The SMILES string of the molecule is COC(=O)C1C2CCCC2CN1CC(=O)NC1CC1. The van der Waals surface area contributed by atoms with Crippen LogP contribution in [-0.2, 0) is 14.3 Å². The van der Waals surface area contributed by atoms with Gasteiger partial charge in [0.2, 0.25) is 5.91 Å². The molecule has 0 bridgehead atoms. The molecule has 1 aliphatic heterocycles. The lowest BCUT2D eigenvalue weighted by Crippen LogP contribution is -2.45. The molecule has 0 aromatic carbocycles. The van der Waals surface area contributed by atoms with Crippen molar-refractivity contribution in [2.45, 2.75) is 44.2 Å². The summed E-state index contributed by atoms with van der Waals surface area (Å²) in [5.74, 6) is 0.837. The number of ether oxygens (including phenoxy) is 1. The van der Waals surface area contributed by atoms with E-state index >= 15 is 0 Å². The summed E-state index contributed by atoms with van der Waals surface area (Å²) in [5.41, 5.74) is 0. The van der Waals surface area contributed by atoms with Gasteiger partial charge < -0.3 is 10.1 Å². The highest BCUT2D eigenvalue weighted by Gasteiger charge is 2.48. The van der Waals surface area contributed by atoms with Gasteiger partial charge in [0.25, 0.3) is 0 Å². The average Bonchev–Trinajstić information content (AvgIpc) is 2.95. The van der Waals surface area contributed by atoms with Crippen LogP contribution in [-0.4, -0.2) is 49.1 Å². The van der Waals surface area contributed by atoms with Gasteiger partial charge in [0.05, 0.1) is 13.7 Å². The molecule has 0 spiro atoms. The van der Waals surface area contributed by atoms with Crippen molar-refractivity contribution in [1.82, 2.24) is 10.2 Å². The van der Waals surface area contributed by atoms with Gasteiger partial charge in [-0.15, -0.1) is 0 Å². The Morgan fingerprint density at radius 2 is 2.05 bits per heavy atom. The monoisotopic (exact) mass is 266 g/mol. The largest absolute Gasteiger partial charge is 0.468 e. The van der Waals surface area contributed by atoms with Gasteiger partial charge in [-0.25, -0.2) is 0 Å². The molecule has 3 atom stereocenters. The van der Waals surface area contributed by atoms with Gasteiger partial charge in [-0.3, -0.25) is 14.5 Å². The fraction of sp³-hybridized carbons (Fsp3) is 0.857. The highest BCUT2D eigenvalue weighted by Crippen LogP contribution is 2.42. The van der Waals surface area contributed by atoms with Gasteiger partial charge in [-0.2, -0.15) is 0 Å². The van der Waals surface area contributed by atoms with E-state index < -0.39 is 0 Å². The Hall–Kier alpha value is -1.10. The van der Waals surface area contributed by atoms with Crippen molar-refractivity contribution >= 4 is 11.9 Å². The van der Waals surface area contributed by atoms with E-state index in [1.165, 1.54) is 20.0 Å². The quantitative estimate of drug-likeness (QED) is 0.755. The molecule has 2 saturated carbocycles. The minimum atomic E-state index is -0.206. The van der Waals surface area contributed by atoms with E-state index in [1.807, 2.05) is 4.90 Å². The van der Waals surface area contributed by atoms with Crippen LogP contribution in [0.2, 0.25) is 0 Å². The molecule has 1 N–H and O–H groups in total. The lowest BCUT2D eigenvalue weighted by atomic mass is 9.94. The van der Waals surface area contributed by atoms with Gasteiger partial charge in [0, 0.05) is 12.6 Å². The van der Waals surface area contributed by atoms with Crippen LogP contribution in [0.5, 0.6) is 0 Å². The minimum absolute atomic E-state index is 0.0522. The number of nitrogens with one attached hydrogen (secondary N) is 1. The summed E-state index contributed by atoms with van der Waals surface area (Å²) >= 11 is 0. The molecule has 106 valence electrons. The van der Waals surface area contributed by atoms with Crippen LogP contribution >= 0.6 is 0 Å². The van der Waals surface area contributed by atoms with E-state index in [9.17, 15) is 9.59 Å². The number of nitrogens with zero attached hydrogens (tertiary/aromatic N) is 1. The van der Waals surface area contributed by atoms with E-state index in [4.69, 9.17) is 4.74 Å². The third kappa shape index (κ3) is 2.61. The molecule has 0 aromatic rings. The number of hydrogen-bond acceptors (Lipinski definition) is 4. The Morgan fingerprint density at radius 3 is 2.74 bits per heavy atom. The zero-order chi connectivity index (χ0) is 13.4. The minimum Gasteiger partial charge on any atom is -0.468 e. The zero-order valence-electron chi connectivity index (χ0n) is 11.4. The first-order valence-electron chi connectivity index (χ1n) is 7.30. The third-order valence-electron chi connectivity index (χ3n) is 4.72. The first-order valence-corrected chi connectivity index (χ1v) is 7.30. The molecule has 3 rings (SSSR count). The fourth-order valence-electron chi connectivity index (χ4n) is 3.69. The van der Waals surface area contributed by atoms with E-state index in [1.54, 1.807) is 0 Å². The number of methoxy groups -OCH3 is 1. The van der Waals surface area contributed by atoms with Crippen LogP contribution in [0.4, 0.5) is 0 Å². The van der Waals surface area contributed by atoms with E-state index in [2.05, 4.69) is 5.32 Å². The van der Waals surface area contributed by atoms with Gasteiger partial charge in [-0.05, 0) is 37.5 Å². The summed E-state index contributed by atoms with van der Waals surface area (Å²) in [7, 11) is 1.44. The second-order valence-corrected chi connectivity index (χ2v) is 6.09. The Bertz CT molecular complexity index is 381. The van der Waals surface area contributed by atoms with Crippen molar-refractivity contribution in [3.8, 4) is 0 Å². The lowest BCUT2D eigenvalue weighted by molar-refractivity contribution is -0.147. The first-order chi connectivity index (χ1) is 9.19. The Morgan fingerprint density at radius 1 is 1.26 bits per heavy atom. The number of carbonyl (C=O) groups excluding carboxylic acids is 2. The van der Waals surface area contributed by atoms with Crippen molar-refractivity contribution < 1.29 is 14.3 Å². The molecule has 5 nitrogen and oxygen atoms in total. The Labute approximate surface area is 113 Å². The molecule has 1 heterocycles. The predicted molar refractivity (Wildman–Crippen MR) is 69.4 cm³/mol. The smallest absolute Gasteiger partial charge is 0.323 e. The van der Waals surface area contributed by atoms with Crippen LogP contribution < -0.4 is 5.32 Å². The van der Waals surface area contributed by atoms with Gasteiger partial charge >= 0.3 is 5.97 Å². The maximum absolute atomic E-state index is 12.0. The van der Waals surface area contributed by atoms with Crippen LogP contribution in [0.3, 0.4) is 0 Å². The van der Waals surface area contributed by atoms with Crippen molar-refractivity contribution in [3.63, 3.8) is 0 Å². The molecular weight excluding hydrogens is 244 g/mol. The van der Waals surface area contributed by atoms with E-state index in [0.29, 0.717) is 24.4 Å². The maximum Gasteiger partial charge on any atom is 0.323 e. The predicted octanol–water partition coefficient (Wildman–Crippen LogP) is 0.539. The maximum atomic E-state index is 12.0. The molecule has 0 aromatic heterocycles. The number of carbonyl (C=O) groups is 2. The molecule has 1 amide bonds. The summed E-state index contributed by atoms with van der Waals surface area (Å²) in [6.45, 7) is 1.20. The fourth-order valence-corrected chi connectivity index (χ4v) is 3.69. The first kappa shape index (κ1) is 12.9. The number of likely N-dealkylation sites (tertiary alicyclic amines) is 1. The van der Waals surface area contributed by atoms with E-state index in [0.717, 1.165) is 25.8 Å². The van der Waals surface area contributed by atoms with E-state index in [-0.39, 0.29) is 17.9 Å². The molecule has 0 radical (unpaired) electrons. The highest BCUT2D eigenvalue weighted by molar-refractivity contribution is 5.81. The lowest BCUT2D eigenvalue weighted by Gasteiger charge is -2.24. The standard InChI is InChI=1S/C14H22N2O3/c1-19-14(18)13-11-4-2-3-9(11)7-16(13)8-12(17)15-10-5-6-10/h9-11,13H,2-8H2,1H3,(H,15,17). The molecule has 3 fully saturated rings. The molecule has 3 unspecified atom stereocenters. The van der Waals surface area contributed by atoms with Gasteiger partial charge in [0.15, 0.2) is 0 Å². The number of esters is 1. The number of fused-ring (bicyclic) bond motifs is 1. The molecular formula is C14H22N2O3. The molecule has 19 heavy (non-hydrogen) atoms. The third-order valence-corrected chi connectivity index (χ3v) is 4.72. The normalized spacial score (nSPS) is 34.1. The van der Waals surface area contributed by atoms with Gasteiger partial charge in [0.1, 0.15) is 6.04 Å². The highest BCUT2D eigenvalue weighted by atomic mass is 16.5. The Kier molecular flexibility index (Phi) is 3.48. The van der Waals surface area contributed by atoms with Gasteiger partial charge in [-0.1, -0.05) is 6.42 Å². The summed E-state index contributed by atoms with van der Waals surface area (Å²) in [5, 5.41) is 2.99. The van der Waals surface area contributed by atoms with Crippen LogP contribution in [0, 0.1) is 11.8 Å². The summed E-state index contributed by atoms with van der Waals surface area (Å²) in [4.78, 5) is 25.9. The molecule has 5 heteroatoms. The molecule has 2 aliphatic carbocycles. The summed E-state index contributed by atoms with van der Waals surface area (Å²) < 4.78 is 4.94. The number of hydrogen-bond donors (Lipinski definition) is 1. The molecule has 3 aliphatic rings. The second kappa shape index (κ2) is 5.12. The van der Waals surface area contributed by atoms with Crippen LogP contribution in [0.1, 0.15) is 32.1 Å². The van der Waals surface area contributed by atoms with Crippen molar-refractivity contribution in [2.24, 2.45) is 11.8 Å². The van der Waals surface area contributed by atoms with Crippen LogP contribution in [0.15, 0.2) is 0 Å².